The van der Waals surface area contributed by atoms with E-state index in [9.17, 15) is 4.79 Å². The average molecular weight is 337 g/mol. The minimum Gasteiger partial charge on any atom is -0.354 e. The molecule has 0 atom stereocenters. The molecule has 2 rings (SSSR count). The van der Waals surface area contributed by atoms with Gasteiger partial charge in [0.25, 0.3) is 0 Å². The Morgan fingerprint density at radius 2 is 2.00 bits per heavy atom. The number of carbonyl (C=O) groups is 1. The number of hydrogen-bond donors (Lipinski definition) is 2. The summed E-state index contributed by atoms with van der Waals surface area (Å²) in [7, 11) is 0. The fourth-order valence-corrected chi connectivity index (χ4v) is 2.55. The van der Waals surface area contributed by atoms with Gasteiger partial charge in [0, 0.05) is 12.2 Å². The first-order valence-electron chi connectivity index (χ1n) is 6.97. The second-order valence-electron chi connectivity index (χ2n) is 5.92. The highest BCUT2D eigenvalue weighted by atomic mass is 35.5. The minimum absolute atomic E-state index is 0. The first-order chi connectivity index (χ1) is 8.98. The van der Waals surface area contributed by atoms with Crippen molar-refractivity contribution >= 4 is 30.7 Å². The molecule has 0 aliphatic carbocycles. The Balaban J connectivity index is 0.00000200. The monoisotopic (exact) mass is 336 g/mol. The Morgan fingerprint density at radius 1 is 1.38 bits per heavy atom. The van der Waals surface area contributed by atoms with E-state index in [1.807, 2.05) is 19.9 Å². The topological polar surface area (TPSA) is 59.0 Å². The predicted octanol–water partition coefficient (Wildman–Crippen LogP) is 1.85. The van der Waals surface area contributed by atoms with E-state index in [-0.39, 0.29) is 36.1 Å². The van der Waals surface area contributed by atoms with Gasteiger partial charge in [-0.1, -0.05) is 6.92 Å². The molecule has 0 spiro atoms. The van der Waals surface area contributed by atoms with E-state index in [2.05, 4.69) is 22.7 Å². The van der Waals surface area contributed by atoms with Crippen molar-refractivity contribution in [1.82, 2.24) is 20.4 Å². The summed E-state index contributed by atoms with van der Waals surface area (Å²) in [6.45, 7) is 9.32. The zero-order chi connectivity index (χ0) is 13.9. The molecule has 0 saturated carbocycles. The molecule has 2 heterocycles. The second-order valence-corrected chi connectivity index (χ2v) is 5.92. The molecule has 1 aromatic rings. The lowest BCUT2D eigenvalue weighted by molar-refractivity contribution is -0.122. The molecule has 0 aromatic carbocycles. The maximum atomic E-state index is 12.0. The Bertz CT molecular complexity index is 456. The van der Waals surface area contributed by atoms with E-state index >= 15 is 0 Å². The molecule has 0 unspecified atom stereocenters. The van der Waals surface area contributed by atoms with Crippen LogP contribution in [0.4, 0.5) is 0 Å². The normalized spacial score (nSPS) is 16.5. The first-order valence-corrected chi connectivity index (χ1v) is 6.97. The van der Waals surface area contributed by atoms with Gasteiger partial charge in [0.2, 0.25) is 5.91 Å². The Morgan fingerprint density at radius 3 is 2.52 bits per heavy atom. The highest BCUT2D eigenvalue weighted by Gasteiger charge is 2.27. The van der Waals surface area contributed by atoms with Crippen molar-refractivity contribution in [2.75, 3.05) is 19.6 Å². The molecule has 5 nitrogen and oxygen atoms in total. The van der Waals surface area contributed by atoms with Crippen LogP contribution in [-0.2, 0) is 11.3 Å². The summed E-state index contributed by atoms with van der Waals surface area (Å²) in [4.78, 5) is 12.0. The summed E-state index contributed by atoms with van der Waals surface area (Å²) in [6, 6.07) is 1.99. The molecule has 0 bridgehead atoms. The predicted molar refractivity (Wildman–Crippen MR) is 89.4 cm³/mol. The van der Waals surface area contributed by atoms with Crippen molar-refractivity contribution in [1.29, 1.82) is 0 Å². The van der Waals surface area contributed by atoms with E-state index < -0.39 is 0 Å². The summed E-state index contributed by atoms with van der Waals surface area (Å²) >= 11 is 0. The van der Waals surface area contributed by atoms with Gasteiger partial charge < -0.3 is 10.6 Å². The fourth-order valence-electron chi connectivity index (χ4n) is 2.55. The molecule has 2 N–H and O–H groups in total. The molecule has 7 heteroatoms. The number of amides is 1. The number of rotatable bonds is 4. The van der Waals surface area contributed by atoms with Crippen LogP contribution >= 0.6 is 24.8 Å². The smallest absolute Gasteiger partial charge is 0.241 e. The maximum absolute atomic E-state index is 12.0. The van der Waals surface area contributed by atoms with Gasteiger partial charge in [-0.15, -0.1) is 24.8 Å². The number of nitrogens with one attached hydrogen (secondary N) is 2. The summed E-state index contributed by atoms with van der Waals surface area (Å²) in [5.41, 5.74) is 2.21. The Labute approximate surface area is 139 Å². The molecule has 1 aliphatic rings. The van der Waals surface area contributed by atoms with E-state index in [1.165, 1.54) is 0 Å². The molecule has 1 aliphatic heterocycles. The number of hydrogen-bond acceptors (Lipinski definition) is 3. The van der Waals surface area contributed by atoms with Crippen molar-refractivity contribution in [3.63, 3.8) is 0 Å². The number of piperidine rings is 1. The van der Waals surface area contributed by atoms with Gasteiger partial charge in [0.15, 0.2) is 0 Å². The van der Waals surface area contributed by atoms with Gasteiger partial charge in [-0.25, -0.2) is 0 Å². The van der Waals surface area contributed by atoms with Gasteiger partial charge in [-0.3, -0.25) is 9.48 Å². The van der Waals surface area contributed by atoms with Crippen LogP contribution in [-0.4, -0.2) is 35.3 Å². The third-order valence-corrected chi connectivity index (χ3v) is 3.92. The van der Waals surface area contributed by atoms with Crippen LogP contribution in [0.5, 0.6) is 0 Å². The second kappa shape index (κ2) is 8.61. The van der Waals surface area contributed by atoms with Crippen LogP contribution in [0.3, 0.4) is 0 Å². The lowest BCUT2D eigenvalue weighted by atomic mass is 9.81. The maximum Gasteiger partial charge on any atom is 0.241 e. The standard InChI is InChI=1S/C14H24N4O.2ClH/c1-11-8-12(2)18(17-11)9-13(19)16-10-14(3)4-6-15-7-5-14;;/h8,15H,4-7,9-10H2,1-3H3,(H,16,19);2*1H. The quantitative estimate of drug-likeness (QED) is 0.882. The third kappa shape index (κ3) is 5.85. The van der Waals surface area contributed by atoms with Crippen LogP contribution in [0.1, 0.15) is 31.2 Å². The largest absolute Gasteiger partial charge is 0.354 e. The van der Waals surface area contributed by atoms with Crippen LogP contribution in [0.15, 0.2) is 6.07 Å². The molecule has 21 heavy (non-hydrogen) atoms. The highest BCUT2D eigenvalue weighted by molar-refractivity contribution is 5.85. The number of halogens is 2. The van der Waals surface area contributed by atoms with Crippen LogP contribution < -0.4 is 10.6 Å². The lowest BCUT2D eigenvalue weighted by Gasteiger charge is -2.34. The van der Waals surface area contributed by atoms with Crippen molar-refractivity contribution in [3.05, 3.63) is 17.5 Å². The molecule has 0 radical (unpaired) electrons. The Hall–Kier alpha value is -0.780. The number of carbonyl (C=O) groups excluding carboxylic acids is 1. The summed E-state index contributed by atoms with van der Waals surface area (Å²) in [5.74, 6) is 0.0472. The summed E-state index contributed by atoms with van der Waals surface area (Å²) in [6.07, 6.45) is 2.24. The first kappa shape index (κ1) is 20.2. The van der Waals surface area contributed by atoms with Gasteiger partial charge in [-0.05, 0) is 51.3 Å². The number of aryl methyl sites for hydroxylation is 2. The Kier molecular flexibility index (Phi) is 8.29. The summed E-state index contributed by atoms with van der Waals surface area (Å²) < 4.78 is 1.76. The molecular formula is C14H26Cl2N4O. The SMILES string of the molecule is Cc1cc(C)n(CC(=O)NCC2(C)CCNCC2)n1.Cl.Cl. The van der Waals surface area contributed by atoms with E-state index in [1.54, 1.807) is 4.68 Å². The third-order valence-electron chi connectivity index (χ3n) is 3.92. The van der Waals surface area contributed by atoms with Gasteiger partial charge in [0.05, 0.1) is 5.69 Å². The van der Waals surface area contributed by atoms with Gasteiger partial charge in [0.1, 0.15) is 6.54 Å². The van der Waals surface area contributed by atoms with Crippen LogP contribution in [0, 0.1) is 19.3 Å². The minimum atomic E-state index is 0. The van der Waals surface area contributed by atoms with Gasteiger partial charge in [-0.2, -0.15) is 5.10 Å². The molecule has 1 aromatic heterocycles. The van der Waals surface area contributed by atoms with Crippen molar-refractivity contribution in [2.24, 2.45) is 5.41 Å². The molecule has 1 amide bonds. The van der Waals surface area contributed by atoms with E-state index in [0.717, 1.165) is 43.9 Å². The van der Waals surface area contributed by atoms with Crippen LogP contribution in [0.2, 0.25) is 0 Å². The zero-order valence-electron chi connectivity index (χ0n) is 12.9. The lowest BCUT2D eigenvalue weighted by Crippen LogP contribution is -2.43. The van der Waals surface area contributed by atoms with E-state index in [0.29, 0.717) is 6.54 Å². The fraction of sp³-hybridized carbons (Fsp3) is 0.714. The van der Waals surface area contributed by atoms with Crippen molar-refractivity contribution < 1.29 is 4.79 Å². The molecule has 122 valence electrons. The number of nitrogens with zero attached hydrogens (tertiary/aromatic N) is 2. The van der Waals surface area contributed by atoms with Crippen molar-refractivity contribution in [2.45, 2.75) is 40.2 Å². The molecule has 1 fully saturated rings. The number of aromatic nitrogens is 2. The average Bonchev–Trinajstić information content (AvgIpc) is 2.66. The highest BCUT2D eigenvalue weighted by Crippen LogP contribution is 2.26. The van der Waals surface area contributed by atoms with Crippen molar-refractivity contribution in [3.8, 4) is 0 Å². The zero-order valence-corrected chi connectivity index (χ0v) is 14.6. The van der Waals surface area contributed by atoms with Gasteiger partial charge >= 0.3 is 0 Å². The molecular weight excluding hydrogens is 311 g/mol. The van der Waals surface area contributed by atoms with E-state index in [4.69, 9.17) is 0 Å². The summed E-state index contributed by atoms with van der Waals surface area (Å²) in [5, 5.41) is 10.7. The molecule has 1 saturated heterocycles. The van der Waals surface area contributed by atoms with Crippen LogP contribution in [0.25, 0.3) is 0 Å².